The van der Waals surface area contributed by atoms with E-state index in [9.17, 15) is 0 Å². The highest BCUT2D eigenvalue weighted by atomic mass is 14.7. The fourth-order valence-electron chi connectivity index (χ4n) is 2.35. The lowest BCUT2D eigenvalue weighted by atomic mass is 9.58. The Morgan fingerprint density at radius 2 is 1.92 bits per heavy atom. The molecule has 0 saturated heterocycles. The molecule has 0 aromatic carbocycles. The van der Waals surface area contributed by atoms with Crippen molar-refractivity contribution < 1.29 is 0 Å². The van der Waals surface area contributed by atoms with Crippen molar-refractivity contribution in [3.05, 3.63) is 0 Å². The zero-order valence-corrected chi connectivity index (χ0v) is 9.04. The van der Waals surface area contributed by atoms with Crippen LogP contribution in [0.3, 0.4) is 0 Å². The maximum atomic E-state index is 9.02. The summed E-state index contributed by atoms with van der Waals surface area (Å²) in [5.41, 5.74) is 6.22. The maximum Gasteiger partial charge on any atom is 0.0675 e. The molecule has 0 aromatic rings. The van der Waals surface area contributed by atoms with Crippen LogP contribution < -0.4 is 5.73 Å². The van der Waals surface area contributed by atoms with Crippen LogP contribution in [0, 0.1) is 34.5 Å². The van der Waals surface area contributed by atoms with E-state index in [4.69, 9.17) is 11.0 Å². The summed E-state index contributed by atoms with van der Waals surface area (Å²) in [6.45, 7) is 8.89. The van der Waals surface area contributed by atoms with Gasteiger partial charge in [-0.05, 0) is 23.7 Å². The van der Waals surface area contributed by atoms with Gasteiger partial charge in [0.1, 0.15) is 0 Å². The first-order chi connectivity index (χ1) is 5.91. The zero-order valence-electron chi connectivity index (χ0n) is 9.04. The second-order valence-electron chi connectivity index (χ2n) is 5.07. The van der Waals surface area contributed by atoms with Gasteiger partial charge in [0.15, 0.2) is 0 Å². The average molecular weight is 180 g/mol. The van der Waals surface area contributed by atoms with Crippen LogP contribution in [-0.4, -0.2) is 6.04 Å². The summed E-state index contributed by atoms with van der Waals surface area (Å²) in [4.78, 5) is 0. The molecule has 1 aliphatic rings. The van der Waals surface area contributed by atoms with E-state index in [-0.39, 0.29) is 17.4 Å². The van der Waals surface area contributed by atoms with E-state index in [1.54, 1.807) is 0 Å². The summed E-state index contributed by atoms with van der Waals surface area (Å²) >= 11 is 0. The molecule has 2 N–H and O–H groups in total. The Labute approximate surface area is 81.1 Å². The van der Waals surface area contributed by atoms with Crippen LogP contribution >= 0.6 is 0 Å². The summed E-state index contributed by atoms with van der Waals surface area (Å²) in [6, 6.07) is 2.43. The third-order valence-corrected chi connectivity index (χ3v) is 4.22. The van der Waals surface area contributed by atoms with Crippen LogP contribution in [0.5, 0.6) is 0 Å². The smallest absolute Gasteiger partial charge is 0.0675 e. The van der Waals surface area contributed by atoms with Gasteiger partial charge in [0.25, 0.3) is 0 Å². The molecule has 2 nitrogen and oxygen atoms in total. The molecule has 1 rings (SSSR count). The predicted molar refractivity (Wildman–Crippen MR) is 53.8 cm³/mol. The molecule has 0 aliphatic heterocycles. The van der Waals surface area contributed by atoms with E-state index in [1.165, 1.54) is 0 Å². The Kier molecular flexibility index (Phi) is 2.68. The van der Waals surface area contributed by atoms with E-state index >= 15 is 0 Å². The molecular weight excluding hydrogens is 160 g/mol. The van der Waals surface area contributed by atoms with Gasteiger partial charge in [-0.3, -0.25) is 0 Å². The van der Waals surface area contributed by atoms with Crippen molar-refractivity contribution in [2.24, 2.45) is 28.9 Å². The molecule has 13 heavy (non-hydrogen) atoms. The second-order valence-corrected chi connectivity index (χ2v) is 5.07. The zero-order chi connectivity index (χ0) is 10.2. The minimum Gasteiger partial charge on any atom is -0.326 e. The minimum atomic E-state index is 0.0335. The molecule has 0 amide bonds. The number of nitrogens with zero attached hydrogens (tertiary/aromatic N) is 1. The van der Waals surface area contributed by atoms with Crippen LogP contribution in [0.1, 0.15) is 34.1 Å². The quantitative estimate of drug-likeness (QED) is 0.621. The van der Waals surface area contributed by atoms with Crippen molar-refractivity contribution in [2.75, 3.05) is 0 Å². The van der Waals surface area contributed by atoms with Gasteiger partial charge >= 0.3 is 0 Å². The molecule has 0 aromatic heterocycles. The Balaban J connectivity index is 2.90. The highest BCUT2D eigenvalue weighted by Crippen LogP contribution is 2.46. The van der Waals surface area contributed by atoms with Crippen LogP contribution in [-0.2, 0) is 0 Å². The van der Waals surface area contributed by atoms with Gasteiger partial charge in [0, 0.05) is 6.04 Å². The first kappa shape index (κ1) is 10.5. The summed E-state index contributed by atoms with van der Waals surface area (Å²) in [5, 5.41) is 9.02. The number of nitriles is 1. The lowest BCUT2D eigenvalue weighted by Gasteiger charge is -2.47. The van der Waals surface area contributed by atoms with Crippen molar-refractivity contribution in [3.8, 4) is 6.07 Å². The standard InChI is InChI=1S/C11H20N2/c1-7-5-10(13)9(6-12)8(2)11(7,3)4/h7-10H,5,13H2,1-4H3/t7-,8+,9+,10+/m0/s1. The molecule has 0 unspecified atom stereocenters. The third kappa shape index (κ3) is 1.58. The van der Waals surface area contributed by atoms with E-state index in [0.29, 0.717) is 11.8 Å². The van der Waals surface area contributed by atoms with Crippen molar-refractivity contribution in [3.63, 3.8) is 0 Å². The Morgan fingerprint density at radius 3 is 2.38 bits per heavy atom. The molecule has 0 radical (unpaired) electrons. The van der Waals surface area contributed by atoms with Gasteiger partial charge in [-0.1, -0.05) is 27.7 Å². The SMILES string of the molecule is C[C@@H]1[C@@H](C#N)[C@H](N)C[C@H](C)C1(C)C. The summed E-state index contributed by atoms with van der Waals surface area (Å²) < 4.78 is 0. The fraction of sp³-hybridized carbons (Fsp3) is 0.909. The number of nitrogens with two attached hydrogens (primary N) is 1. The highest BCUT2D eigenvalue weighted by molar-refractivity contribution is 5.03. The average Bonchev–Trinajstić information content (AvgIpc) is 2.03. The van der Waals surface area contributed by atoms with Crippen molar-refractivity contribution >= 4 is 0 Å². The van der Waals surface area contributed by atoms with E-state index in [1.807, 2.05) is 0 Å². The van der Waals surface area contributed by atoms with Gasteiger partial charge < -0.3 is 5.73 Å². The van der Waals surface area contributed by atoms with Crippen LogP contribution in [0.15, 0.2) is 0 Å². The number of hydrogen-bond donors (Lipinski definition) is 1. The first-order valence-electron chi connectivity index (χ1n) is 5.06. The van der Waals surface area contributed by atoms with Crippen molar-refractivity contribution in [1.29, 1.82) is 5.26 Å². The molecule has 1 fully saturated rings. The molecule has 1 saturated carbocycles. The lowest BCUT2D eigenvalue weighted by molar-refractivity contribution is 0.0409. The Hall–Kier alpha value is -0.550. The van der Waals surface area contributed by atoms with E-state index in [2.05, 4.69) is 33.8 Å². The van der Waals surface area contributed by atoms with Gasteiger partial charge in [0.05, 0.1) is 12.0 Å². The lowest BCUT2D eigenvalue weighted by Crippen LogP contribution is -2.49. The molecular formula is C11H20N2. The second kappa shape index (κ2) is 3.31. The minimum absolute atomic E-state index is 0.0335. The third-order valence-electron chi connectivity index (χ3n) is 4.22. The van der Waals surface area contributed by atoms with Crippen LogP contribution in [0.4, 0.5) is 0 Å². The fourth-order valence-corrected chi connectivity index (χ4v) is 2.35. The first-order valence-corrected chi connectivity index (χ1v) is 5.06. The normalized spacial score (nSPS) is 44.0. The van der Waals surface area contributed by atoms with E-state index < -0.39 is 0 Å². The molecule has 4 atom stereocenters. The summed E-state index contributed by atoms with van der Waals surface area (Å²) in [7, 11) is 0. The summed E-state index contributed by atoms with van der Waals surface area (Å²) in [6.07, 6.45) is 0.982. The highest BCUT2D eigenvalue weighted by Gasteiger charge is 2.44. The predicted octanol–water partition coefficient (Wildman–Crippen LogP) is 2.16. The van der Waals surface area contributed by atoms with Crippen LogP contribution in [0.25, 0.3) is 0 Å². The molecule has 0 spiro atoms. The Bertz CT molecular complexity index is 227. The van der Waals surface area contributed by atoms with Crippen molar-refractivity contribution in [2.45, 2.75) is 40.2 Å². The van der Waals surface area contributed by atoms with Gasteiger partial charge in [0.2, 0.25) is 0 Å². The van der Waals surface area contributed by atoms with Crippen molar-refractivity contribution in [1.82, 2.24) is 0 Å². The summed E-state index contributed by atoms with van der Waals surface area (Å²) in [5.74, 6) is 1.05. The number of rotatable bonds is 0. The van der Waals surface area contributed by atoms with Gasteiger partial charge in [-0.2, -0.15) is 5.26 Å². The van der Waals surface area contributed by atoms with Crippen LogP contribution in [0.2, 0.25) is 0 Å². The molecule has 2 heteroatoms. The topological polar surface area (TPSA) is 49.8 Å². The molecule has 74 valence electrons. The van der Waals surface area contributed by atoms with Gasteiger partial charge in [-0.15, -0.1) is 0 Å². The molecule has 0 bridgehead atoms. The largest absolute Gasteiger partial charge is 0.326 e. The van der Waals surface area contributed by atoms with E-state index in [0.717, 1.165) is 6.42 Å². The monoisotopic (exact) mass is 180 g/mol. The number of hydrogen-bond acceptors (Lipinski definition) is 2. The van der Waals surface area contributed by atoms with Gasteiger partial charge in [-0.25, -0.2) is 0 Å². The molecule has 0 heterocycles. The Morgan fingerprint density at radius 1 is 1.38 bits per heavy atom. The maximum absolute atomic E-state index is 9.02. The molecule has 1 aliphatic carbocycles.